The van der Waals surface area contributed by atoms with Crippen LogP contribution in [-0.4, -0.2) is 260 Å². The van der Waals surface area contributed by atoms with E-state index >= 15 is 0 Å². The fourth-order valence-corrected chi connectivity index (χ4v) is 15.4. The van der Waals surface area contributed by atoms with E-state index in [1.54, 1.807) is 41.5 Å². The fraction of sp³-hybridized carbons (Fsp3) is 0.684. The molecule has 24 nitrogen and oxygen atoms in total. The van der Waals surface area contributed by atoms with Crippen molar-refractivity contribution in [3.63, 3.8) is 0 Å². The Labute approximate surface area is 952 Å². The molecule has 0 aromatic heterocycles. The molecule has 12 heterocycles. The molecule has 12 aliphatic heterocycles. The van der Waals surface area contributed by atoms with Gasteiger partial charge in [0.2, 0.25) is 0 Å². The third kappa shape index (κ3) is 25.4. The lowest BCUT2D eigenvalue weighted by Gasteiger charge is -2.46. The second-order valence-corrected chi connectivity index (χ2v) is 32.8. The Bertz CT molecular complexity index is 9400. The highest BCUT2D eigenvalue weighted by Crippen LogP contribution is 2.52. The van der Waals surface area contributed by atoms with E-state index in [9.17, 15) is 38.9 Å². The third-order valence-corrected chi connectivity index (χ3v) is 21.5. The van der Waals surface area contributed by atoms with Crippen LogP contribution in [0.25, 0.3) is 0 Å². The molecule has 24 heteroatoms. The molecular weight excluding hydrogens is 1740 g/mol. The van der Waals surface area contributed by atoms with Gasteiger partial charge < -0.3 is 87.5 Å². The molecule has 0 bridgehead atoms. The first-order chi connectivity index (χ1) is 100. The van der Waals surface area contributed by atoms with Gasteiger partial charge in [0.1, 0.15) is 0 Å². The van der Waals surface area contributed by atoms with Gasteiger partial charge in [0.05, 0.1) is 165 Å². The van der Waals surface area contributed by atoms with Gasteiger partial charge in [0.15, 0.2) is 69.0 Å². The maximum atomic E-state index is 11.4. The number of hydrogen-bond donors (Lipinski definition) is 6. The number of fused-ring (bicyclic) bond motifs is 18. The van der Waals surface area contributed by atoms with Crippen LogP contribution in [0.4, 0.5) is 0 Å². The third-order valence-electron chi connectivity index (χ3n) is 21.5. The quantitative estimate of drug-likeness (QED) is 0.0329. The Balaban J connectivity index is 0.000000216. The highest BCUT2D eigenvalue weighted by molar-refractivity contribution is 5.55. The first kappa shape index (κ1) is 40.8. The van der Waals surface area contributed by atoms with Crippen LogP contribution in [0.15, 0.2) is 72.5 Å². The molecule has 0 aliphatic carbocycles. The Morgan fingerprint density at radius 2 is 0.507 bits per heavy atom. The van der Waals surface area contributed by atoms with Crippen molar-refractivity contribution in [3.8, 4) is 69.0 Å². The summed E-state index contributed by atoms with van der Waals surface area (Å²) >= 11 is 0. The zero-order valence-corrected chi connectivity index (χ0v) is 78.7. The van der Waals surface area contributed by atoms with E-state index in [-0.39, 0.29) is 40.9 Å². The Morgan fingerprint density at radius 1 is 0.304 bits per heavy atom. The van der Waals surface area contributed by atoms with Crippen molar-refractivity contribution in [1.29, 1.82) is 0 Å². The van der Waals surface area contributed by atoms with Gasteiger partial charge in [0.25, 0.3) is 0 Å². The predicted octanol–water partition coefficient (Wildman–Crippen LogP) is 18.2. The van der Waals surface area contributed by atoms with Crippen LogP contribution in [0.2, 0.25) is 0 Å². The topological polar surface area (TPSA) is 252 Å². The summed E-state index contributed by atoms with van der Waals surface area (Å²) in [5.74, 6) is -35.0. The van der Waals surface area contributed by atoms with Gasteiger partial charge >= 0.3 is 0 Å². The van der Waals surface area contributed by atoms with Crippen LogP contribution in [-0.2, 0) is 38.2 Å². The number of methoxy groups -OCH3 is 12. The van der Waals surface area contributed by atoms with Crippen molar-refractivity contribution < 1.29 is 209 Å². The minimum atomic E-state index is -4.26. The number of aliphatic hydroxyl groups is 6. The SMILES string of the molecule is [2H]c1c(OC([2H])([2H])[2H])c(OC)c([2H])c2c1C1([2H])CC(O)C(C([2H])([2H])C([2H])(C)C([2H])([2H])[2H])CN1C([2H])([2H])C2([2H])[2H].[2H]c1c(OC)c(OC([2H])([2H])[2H])c([2H])c2c1C([2H])([2H])C([2H])([2H])N1CC([2H])(C([2H])([2H])C([2H])(C)C([2H])([2H])[2H])C([2H])(O)C([2H])([2H])C21[2H].[2H]c1c(OC)c(OC([2H])([2H])[2H])c([2H])c2c1C([2H])([2H])C([2H])([2H])N1CC([2H])(CC(C)C)C([2H])(O)C([2H])([2H])C21[2H].[2H]c1c(OC)c(OC)c([2H])c2c1C([2H])([2H])C([2H])([2H])N1CC([2H])(C([2H])([2H])C([2H])(C)C([2H])([2H])[2H])C([2H])(O)C([2H])([2H])C21[2H].[2H]c1c(OC)c(OC)c([2H])c2c1C([2H])([2H])C([2H])([2H])N1CC([2H])(CC(C)C)C([2H])(O)C([2H])([2H])C21[2H].[2H]c1c(OC)c(OC)c([2H])c2c1C([2H])([2H])C([2H])([2H])N1CC([2H])(CC(C)C)C([2H])(O)C([2H])([2H])C21[2H]. The summed E-state index contributed by atoms with van der Waals surface area (Å²) in [6.07, 6.45) is -70.8. The molecule has 138 heavy (non-hydrogen) atoms. The van der Waals surface area contributed by atoms with Gasteiger partial charge in [0, 0.05) is 192 Å². The monoisotopic (exact) mass is 2000 g/mol. The van der Waals surface area contributed by atoms with E-state index < -0.39 is 555 Å². The molecule has 6 N–H and O–H groups in total. The lowest BCUT2D eigenvalue weighted by atomic mass is 9.79. The lowest BCUT2D eigenvalue weighted by molar-refractivity contribution is -0.0192. The molecule has 0 saturated carbocycles. The lowest BCUT2D eigenvalue weighted by Crippen LogP contribution is -2.48. The average Bonchev–Trinajstić information content (AvgIpc) is 0.633. The molecule has 21 atom stereocenters. The summed E-state index contributed by atoms with van der Waals surface area (Å²) < 4.78 is 813. The highest BCUT2D eigenvalue weighted by atomic mass is 16.5. The van der Waals surface area contributed by atoms with Gasteiger partial charge in [-0.05, 0) is 325 Å². The minimum absolute atomic E-state index is 0.00909. The first-order valence-electron chi connectivity index (χ1n) is 87.3. The molecule has 6 saturated heterocycles. The second-order valence-electron chi connectivity index (χ2n) is 32.8. The first-order valence-corrected chi connectivity index (χ1v) is 42.8. The Morgan fingerprint density at radius 3 is 0.732 bits per heavy atom. The molecule has 12 aliphatic rings. The van der Waals surface area contributed by atoms with Crippen molar-refractivity contribution in [1.82, 2.24) is 29.4 Å². The number of piperidine rings is 6. The van der Waals surface area contributed by atoms with Crippen LogP contribution in [0.5, 0.6) is 69.0 Å². The van der Waals surface area contributed by atoms with Crippen molar-refractivity contribution >= 4 is 0 Å². The molecule has 0 spiro atoms. The van der Waals surface area contributed by atoms with Gasteiger partial charge in [-0.25, -0.2) is 0 Å². The van der Waals surface area contributed by atoms with Crippen molar-refractivity contribution in [2.75, 3.05) is 163 Å². The Kier molecular flexibility index (Phi) is 14.5. The van der Waals surface area contributed by atoms with Crippen molar-refractivity contribution in [2.24, 2.45) is 70.8 Å². The van der Waals surface area contributed by atoms with Gasteiger partial charge in [-0.1, -0.05) is 82.9 Å². The fourth-order valence-electron chi connectivity index (χ4n) is 15.4. The summed E-state index contributed by atoms with van der Waals surface area (Å²) in [7, 11) is -0.257. The van der Waals surface area contributed by atoms with E-state index in [0.717, 1.165) is 70.9 Å². The number of rotatable bonds is 24. The smallest absolute Gasteiger partial charge is 0.161 e. The summed E-state index contributed by atoms with van der Waals surface area (Å²) in [6, 6.07) is -30.3. The van der Waals surface area contributed by atoms with E-state index in [0.29, 0.717) is 33.4 Å². The summed E-state index contributed by atoms with van der Waals surface area (Å²) in [6.45, 7) is -25.8. The van der Waals surface area contributed by atoms with Gasteiger partial charge in [-0.3, -0.25) is 29.4 Å². The van der Waals surface area contributed by atoms with Crippen LogP contribution in [0.1, 0.15) is 384 Å². The average molecular weight is 2010 g/mol. The number of ether oxygens (including phenoxy) is 12. The molecule has 0 radical (unpaired) electrons. The largest absolute Gasteiger partial charge is 0.493 e. The molecule has 21 unspecified atom stereocenters. The second kappa shape index (κ2) is 49.1. The standard InChI is InChI=1S/6C19H29NO3/c6*1-12(2)7-14-11-20-6-5-13-8-18(22-3)19(23-4)9-15(13)16(20)10-17(14)21/h6*8-9,12,14,16-17,21H,5-7,10-11H2,1-4H3/i1D3,4D3,5D2,6D2,7D2,8D,9D,10D2,12D,14D,16D,17D;1D3,5D2,6D2,7D2,8D,9D,10D2,12D,14D,16D,17D;4D3,5D2,6D2,8D,9D,10D2,14D,16D,17D;1D3,4D3,5D2,6D2,7D2,8D,9D,12D,16D;2*5D2,6D2,8D,9D,10D2,14D,16D,17D. The van der Waals surface area contributed by atoms with Crippen molar-refractivity contribution in [2.45, 2.75) is 270 Å². The molecule has 0 amide bonds. The van der Waals surface area contributed by atoms with Crippen LogP contribution in [0, 0.1) is 70.8 Å². The summed E-state index contributed by atoms with van der Waals surface area (Å²) in [4.78, 5) is 1.72. The zero-order chi connectivity index (χ0) is 178. The normalized spacial score (nSPS) is 53.8. The molecule has 6 aromatic rings. The minimum Gasteiger partial charge on any atom is -0.493 e. The van der Waals surface area contributed by atoms with Gasteiger partial charge in [-0.15, -0.1) is 0 Å². The molecule has 18 rings (SSSR count). The molecular formula is C114H174N6O18. The predicted molar refractivity (Wildman–Crippen MR) is 547 cm³/mol. The van der Waals surface area contributed by atoms with E-state index in [2.05, 4.69) is 0 Å². The highest BCUT2D eigenvalue weighted by Gasteiger charge is 2.47. The maximum Gasteiger partial charge on any atom is 0.161 e. The van der Waals surface area contributed by atoms with Gasteiger partial charge in [-0.2, -0.15) is 0 Å². The Hall–Kier alpha value is -7.56. The number of hydrogen-bond acceptors (Lipinski definition) is 24. The number of aliphatic hydroxyl groups excluding tert-OH is 1. The summed E-state index contributed by atoms with van der Waals surface area (Å²) in [5.41, 5.74) is -11.1. The number of benzene rings is 6. The molecule has 6 fully saturated rings. The number of nitrogens with zero attached hydrogens (tertiary/aromatic N) is 6. The molecule has 768 valence electrons. The van der Waals surface area contributed by atoms with E-state index in [4.69, 9.17) is 171 Å². The van der Waals surface area contributed by atoms with E-state index in [1.165, 1.54) is 0 Å². The molecule has 6 aromatic carbocycles. The van der Waals surface area contributed by atoms with E-state index in [1.807, 2.05) is 0 Å². The zero-order valence-electron chi connectivity index (χ0n) is 168. The van der Waals surface area contributed by atoms with Crippen LogP contribution in [0.3, 0.4) is 0 Å². The van der Waals surface area contributed by atoms with Crippen LogP contribution >= 0.6 is 0 Å². The van der Waals surface area contributed by atoms with Crippen LogP contribution < -0.4 is 56.8 Å². The summed E-state index contributed by atoms with van der Waals surface area (Å²) in [5, 5.41) is 67.4. The van der Waals surface area contributed by atoms with Crippen molar-refractivity contribution in [3.05, 3.63) is 139 Å². The maximum absolute atomic E-state index is 11.4.